The summed E-state index contributed by atoms with van der Waals surface area (Å²) in [6.07, 6.45) is 2.52. The van der Waals surface area contributed by atoms with Crippen molar-refractivity contribution in [3.8, 4) is 5.75 Å². The molecule has 3 aromatic rings. The number of imidazole rings is 1. The molecule has 2 heterocycles. The zero-order valence-corrected chi connectivity index (χ0v) is 16.6. The number of carbonyl (C=O) groups excluding carboxylic acids is 1. The van der Waals surface area contributed by atoms with E-state index in [4.69, 9.17) is 21.3 Å². The molecule has 1 aromatic heterocycles. The van der Waals surface area contributed by atoms with Crippen LogP contribution in [0.15, 0.2) is 42.5 Å². The van der Waals surface area contributed by atoms with Gasteiger partial charge in [-0.2, -0.15) is 0 Å². The van der Waals surface area contributed by atoms with E-state index in [1.54, 1.807) is 24.3 Å². The van der Waals surface area contributed by atoms with Gasteiger partial charge in [0.05, 0.1) is 17.6 Å². The van der Waals surface area contributed by atoms with Crippen molar-refractivity contribution >= 4 is 34.2 Å². The number of ether oxygens (including phenoxy) is 1. The van der Waals surface area contributed by atoms with E-state index in [0.29, 0.717) is 16.5 Å². The van der Waals surface area contributed by atoms with Crippen LogP contribution in [0.3, 0.4) is 0 Å². The molecule has 6 nitrogen and oxygen atoms in total. The summed E-state index contributed by atoms with van der Waals surface area (Å²) in [6.45, 7) is 3.07. The van der Waals surface area contributed by atoms with E-state index in [1.165, 1.54) is 12.8 Å². The number of benzene rings is 2. The number of anilines is 1. The lowest BCUT2D eigenvalue weighted by Gasteiger charge is -2.13. The molecule has 1 saturated heterocycles. The minimum absolute atomic E-state index is 0.0674. The topological polar surface area (TPSA) is 59.4 Å². The highest BCUT2D eigenvalue weighted by Gasteiger charge is 2.16. The van der Waals surface area contributed by atoms with Crippen molar-refractivity contribution < 1.29 is 9.53 Å². The summed E-state index contributed by atoms with van der Waals surface area (Å²) in [5.74, 6) is 1.43. The third kappa shape index (κ3) is 4.29. The number of fused-ring (bicyclic) bond motifs is 1. The number of carbonyl (C=O) groups is 1. The summed E-state index contributed by atoms with van der Waals surface area (Å²) in [6, 6.07) is 12.7. The summed E-state index contributed by atoms with van der Waals surface area (Å²) in [5, 5.41) is 3.50. The first-order chi connectivity index (χ1) is 13.6. The zero-order valence-electron chi connectivity index (χ0n) is 15.8. The van der Waals surface area contributed by atoms with Crippen LogP contribution in [0.5, 0.6) is 5.75 Å². The first-order valence-corrected chi connectivity index (χ1v) is 9.82. The van der Waals surface area contributed by atoms with Gasteiger partial charge in [0.2, 0.25) is 0 Å². The van der Waals surface area contributed by atoms with Crippen LogP contribution in [-0.4, -0.2) is 40.1 Å². The molecule has 7 heteroatoms. The minimum atomic E-state index is -0.220. The molecule has 0 aliphatic carbocycles. The molecule has 1 N–H and O–H groups in total. The maximum Gasteiger partial charge on any atom is 0.262 e. The predicted octanol–water partition coefficient (Wildman–Crippen LogP) is 3.84. The van der Waals surface area contributed by atoms with E-state index in [9.17, 15) is 4.79 Å². The molecule has 2 aromatic carbocycles. The predicted molar refractivity (Wildman–Crippen MR) is 111 cm³/mol. The second-order valence-electron chi connectivity index (χ2n) is 7.06. The average Bonchev–Trinajstić information content (AvgIpc) is 3.30. The van der Waals surface area contributed by atoms with Gasteiger partial charge in [0, 0.05) is 17.8 Å². The van der Waals surface area contributed by atoms with Gasteiger partial charge in [-0.05, 0) is 68.4 Å². The van der Waals surface area contributed by atoms with E-state index < -0.39 is 0 Å². The van der Waals surface area contributed by atoms with Gasteiger partial charge >= 0.3 is 0 Å². The number of nitrogens with one attached hydrogen (secondary N) is 1. The summed E-state index contributed by atoms with van der Waals surface area (Å²) >= 11 is 5.84. The van der Waals surface area contributed by atoms with E-state index in [-0.39, 0.29) is 12.5 Å². The summed E-state index contributed by atoms with van der Waals surface area (Å²) in [7, 11) is 2.04. The maximum absolute atomic E-state index is 12.2. The standard InChI is InChI=1S/C21H23ClN4O2/c1-25-19-9-6-16(12-18(19)24-20(25)13-26-10-2-3-11-26)23-21(27)14-28-17-7-4-15(22)5-8-17/h4-9,12H,2-3,10-11,13-14H2,1H3,(H,23,27). The Hall–Kier alpha value is -2.57. The molecular formula is C21H23ClN4O2. The van der Waals surface area contributed by atoms with Gasteiger partial charge < -0.3 is 14.6 Å². The van der Waals surface area contributed by atoms with Crippen molar-refractivity contribution in [3.05, 3.63) is 53.3 Å². The number of rotatable bonds is 6. The van der Waals surface area contributed by atoms with Gasteiger partial charge in [0.15, 0.2) is 6.61 Å². The van der Waals surface area contributed by atoms with Crippen molar-refractivity contribution in [3.63, 3.8) is 0 Å². The lowest BCUT2D eigenvalue weighted by Crippen LogP contribution is -2.20. The number of halogens is 1. The van der Waals surface area contributed by atoms with Crippen LogP contribution in [-0.2, 0) is 18.4 Å². The lowest BCUT2D eigenvalue weighted by atomic mass is 10.2. The molecule has 0 saturated carbocycles. The molecule has 0 bridgehead atoms. The Morgan fingerprint density at radius 1 is 1.18 bits per heavy atom. The van der Waals surface area contributed by atoms with Gasteiger partial charge in [-0.3, -0.25) is 9.69 Å². The molecule has 4 rings (SSSR count). The highest BCUT2D eigenvalue weighted by atomic mass is 35.5. The third-order valence-corrected chi connectivity index (χ3v) is 5.26. The molecule has 0 atom stereocenters. The molecule has 1 aliphatic heterocycles. The maximum atomic E-state index is 12.2. The van der Waals surface area contributed by atoms with Crippen LogP contribution >= 0.6 is 11.6 Å². The van der Waals surface area contributed by atoms with Crippen LogP contribution in [0, 0.1) is 0 Å². The van der Waals surface area contributed by atoms with E-state index in [0.717, 1.165) is 36.5 Å². The van der Waals surface area contributed by atoms with Crippen molar-refractivity contribution in [1.82, 2.24) is 14.5 Å². The van der Waals surface area contributed by atoms with Crippen LogP contribution < -0.4 is 10.1 Å². The fraction of sp³-hybridized carbons (Fsp3) is 0.333. The monoisotopic (exact) mass is 398 g/mol. The third-order valence-electron chi connectivity index (χ3n) is 5.00. The van der Waals surface area contributed by atoms with Gasteiger partial charge in [-0.25, -0.2) is 4.98 Å². The van der Waals surface area contributed by atoms with Gasteiger partial charge in [-0.15, -0.1) is 0 Å². The molecule has 28 heavy (non-hydrogen) atoms. The summed E-state index contributed by atoms with van der Waals surface area (Å²) < 4.78 is 7.61. The SMILES string of the molecule is Cn1c(CN2CCCC2)nc2cc(NC(=O)COc3ccc(Cl)cc3)ccc21. The Balaban J connectivity index is 1.40. The van der Waals surface area contributed by atoms with Crippen LogP contribution in [0.4, 0.5) is 5.69 Å². The van der Waals surface area contributed by atoms with E-state index in [1.807, 2.05) is 25.2 Å². The first kappa shape index (κ1) is 18.8. The smallest absolute Gasteiger partial charge is 0.262 e. The number of amides is 1. The van der Waals surface area contributed by atoms with Crippen molar-refractivity contribution in [2.75, 3.05) is 25.0 Å². The van der Waals surface area contributed by atoms with Crippen LogP contribution in [0.25, 0.3) is 11.0 Å². The largest absolute Gasteiger partial charge is 0.484 e. The number of nitrogens with zero attached hydrogens (tertiary/aromatic N) is 3. The fourth-order valence-corrected chi connectivity index (χ4v) is 3.61. The van der Waals surface area contributed by atoms with Crippen LogP contribution in [0.1, 0.15) is 18.7 Å². The molecule has 1 fully saturated rings. The Morgan fingerprint density at radius 3 is 2.68 bits per heavy atom. The number of aromatic nitrogens is 2. The molecule has 0 unspecified atom stereocenters. The van der Waals surface area contributed by atoms with E-state index >= 15 is 0 Å². The quantitative estimate of drug-likeness (QED) is 0.685. The lowest BCUT2D eigenvalue weighted by molar-refractivity contribution is -0.118. The zero-order chi connectivity index (χ0) is 19.5. The van der Waals surface area contributed by atoms with Crippen molar-refractivity contribution in [2.24, 2.45) is 7.05 Å². The van der Waals surface area contributed by atoms with Gasteiger partial charge in [0.1, 0.15) is 11.6 Å². The summed E-state index contributed by atoms with van der Waals surface area (Å²) in [5.41, 5.74) is 2.65. The molecule has 1 amide bonds. The van der Waals surface area contributed by atoms with Crippen molar-refractivity contribution in [2.45, 2.75) is 19.4 Å². The second kappa shape index (κ2) is 8.20. The van der Waals surface area contributed by atoms with Gasteiger partial charge in [0.25, 0.3) is 5.91 Å². The molecule has 1 aliphatic rings. The second-order valence-corrected chi connectivity index (χ2v) is 7.50. The number of hydrogen-bond donors (Lipinski definition) is 1. The summed E-state index contributed by atoms with van der Waals surface area (Å²) in [4.78, 5) is 19.4. The number of likely N-dealkylation sites (tertiary alicyclic amines) is 1. The fourth-order valence-electron chi connectivity index (χ4n) is 3.49. The molecule has 0 spiro atoms. The normalized spacial score (nSPS) is 14.5. The van der Waals surface area contributed by atoms with Crippen molar-refractivity contribution in [1.29, 1.82) is 0 Å². The van der Waals surface area contributed by atoms with Crippen LogP contribution in [0.2, 0.25) is 5.02 Å². The Kier molecular flexibility index (Phi) is 5.50. The Labute approximate surface area is 169 Å². The average molecular weight is 399 g/mol. The molecule has 146 valence electrons. The van der Waals surface area contributed by atoms with E-state index in [2.05, 4.69) is 14.8 Å². The molecule has 0 radical (unpaired) electrons. The van der Waals surface area contributed by atoms with Gasteiger partial charge in [-0.1, -0.05) is 11.6 Å². The highest BCUT2D eigenvalue weighted by molar-refractivity contribution is 6.30. The number of aryl methyl sites for hydroxylation is 1. The minimum Gasteiger partial charge on any atom is -0.484 e. The Morgan fingerprint density at radius 2 is 1.93 bits per heavy atom. The first-order valence-electron chi connectivity index (χ1n) is 9.44. The molecular weight excluding hydrogens is 376 g/mol. The highest BCUT2D eigenvalue weighted by Crippen LogP contribution is 2.22. The Bertz CT molecular complexity index is 978. The number of hydrogen-bond acceptors (Lipinski definition) is 4.